The van der Waals surface area contributed by atoms with Gasteiger partial charge in [-0.05, 0) is 50.6 Å². The molecule has 1 rings (SSSR count). The van der Waals surface area contributed by atoms with E-state index in [9.17, 15) is 9.59 Å². The van der Waals surface area contributed by atoms with Crippen molar-refractivity contribution < 1.29 is 14.3 Å². The molecular formula is C18H29N3O3. The van der Waals surface area contributed by atoms with Gasteiger partial charge in [-0.15, -0.1) is 0 Å². The quantitative estimate of drug-likeness (QED) is 0.710. The Morgan fingerprint density at radius 2 is 1.79 bits per heavy atom. The number of hydrogen-bond donors (Lipinski definition) is 2. The first-order valence-electron chi connectivity index (χ1n) is 8.13. The molecule has 2 atom stereocenters. The fourth-order valence-electron chi connectivity index (χ4n) is 2.48. The van der Waals surface area contributed by atoms with Crippen molar-refractivity contribution in [2.75, 3.05) is 21.2 Å². The van der Waals surface area contributed by atoms with Crippen LogP contribution in [0.2, 0.25) is 0 Å². The summed E-state index contributed by atoms with van der Waals surface area (Å²) in [5.74, 6) is 0.344. The number of nitrogens with zero attached hydrogens (tertiary/aromatic N) is 1. The number of nitrogens with two attached hydrogens (primary N) is 1. The van der Waals surface area contributed by atoms with E-state index < -0.39 is 11.9 Å². The third kappa shape index (κ3) is 6.20. The van der Waals surface area contributed by atoms with Gasteiger partial charge < -0.3 is 15.8 Å². The van der Waals surface area contributed by atoms with E-state index in [1.165, 1.54) is 0 Å². The van der Waals surface area contributed by atoms with Gasteiger partial charge in [0, 0.05) is 0 Å². The molecule has 0 aromatic heterocycles. The predicted octanol–water partition coefficient (Wildman–Crippen LogP) is 1.18. The molecule has 6 nitrogen and oxygen atoms in total. The number of carbonyl (C=O) groups excluding carboxylic acids is 2. The molecule has 24 heavy (non-hydrogen) atoms. The first-order chi connectivity index (χ1) is 11.2. The Kier molecular flexibility index (Phi) is 7.71. The third-order valence-corrected chi connectivity index (χ3v) is 3.88. The summed E-state index contributed by atoms with van der Waals surface area (Å²) in [7, 11) is 5.30. The average Bonchev–Trinajstić information content (AvgIpc) is 2.51. The zero-order chi connectivity index (χ0) is 18.3. The summed E-state index contributed by atoms with van der Waals surface area (Å²) in [5, 5.41) is 2.79. The highest BCUT2D eigenvalue weighted by molar-refractivity contribution is 5.89. The van der Waals surface area contributed by atoms with Crippen molar-refractivity contribution in [1.29, 1.82) is 0 Å². The van der Waals surface area contributed by atoms with Gasteiger partial charge in [0.05, 0.1) is 13.2 Å². The zero-order valence-electron chi connectivity index (χ0n) is 15.2. The largest absolute Gasteiger partial charge is 0.497 e. The van der Waals surface area contributed by atoms with E-state index in [2.05, 4.69) is 5.32 Å². The second kappa shape index (κ2) is 9.27. The van der Waals surface area contributed by atoms with Crippen LogP contribution in [0.15, 0.2) is 24.3 Å². The average molecular weight is 335 g/mol. The van der Waals surface area contributed by atoms with Crippen LogP contribution in [0.3, 0.4) is 0 Å². The third-order valence-electron chi connectivity index (χ3n) is 3.88. The highest BCUT2D eigenvalue weighted by Crippen LogP contribution is 2.14. The number of primary amides is 1. The maximum absolute atomic E-state index is 12.6. The summed E-state index contributed by atoms with van der Waals surface area (Å²) in [4.78, 5) is 26.0. The van der Waals surface area contributed by atoms with Crippen molar-refractivity contribution in [1.82, 2.24) is 10.2 Å². The summed E-state index contributed by atoms with van der Waals surface area (Å²) in [5.41, 5.74) is 6.43. The number of carbonyl (C=O) groups is 2. The van der Waals surface area contributed by atoms with E-state index in [1.54, 1.807) is 7.11 Å². The lowest BCUT2D eigenvalue weighted by Gasteiger charge is -2.26. The van der Waals surface area contributed by atoms with Crippen molar-refractivity contribution in [2.45, 2.75) is 38.8 Å². The van der Waals surface area contributed by atoms with E-state index in [4.69, 9.17) is 10.5 Å². The fourth-order valence-corrected chi connectivity index (χ4v) is 2.48. The Morgan fingerprint density at radius 1 is 1.21 bits per heavy atom. The normalized spacial score (nSPS) is 13.6. The predicted molar refractivity (Wildman–Crippen MR) is 94.8 cm³/mol. The maximum atomic E-state index is 12.6. The van der Waals surface area contributed by atoms with Crippen LogP contribution >= 0.6 is 0 Å². The van der Waals surface area contributed by atoms with Gasteiger partial charge in [0.1, 0.15) is 11.8 Å². The minimum absolute atomic E-state index is 0.194. The van der Waals surface area contributed by atoms with Crippen molar-refractivity contribution >= 4 is 11.8 Å². The Labute approximate surface area is 144 Å². The van der Waals surface area contributed by atoms with Gasteiger partial charge in [-0.1, -0.05) is 26.0 Å². The molecule has 0 spiro atoms. The van der Waals surface area contributed by atoms with Gasteiger partial charge in [0.15, 0.2) is 0 Å². The molecule has 0 aliphatic carbocycles. The monoisotopic (exact) mass is 335 g/mol. The van der Waals surface area contributed by atoms with Gasteiger partial charge in [-0.25, -0.2) is 0 Å². The number of ether oxygens (including phenoxy) is 1. The zero-order valence-corrected chi connectivity index (χ0v) is 15.2. The van der Waals surface area contributed by atoms with E-state index in [-0.39, 0.29) is 17.9 Å². The molecule has 0 saturated carbocycles. The van der Waals surface area contributed by atoms with Gasteiger partial charge >= 0.3 is 0 Å². The Bertz CT molecular complexity index is 541. The van der Waals surface area contributed by atoms with Crippen molar-refractivity contribution in [3.63, 3.8) is 0 Å². The van der Waals surface area contributed by atoms with Crippen molar-refractivity contribution in [3.8, 4) is 5.75 Å². The molecule has 0 unspecified atom stereocenters. The molecule has 6 heteroatoms. The minimum Gasteiger partial charge on any atom is -0.497 e. The van der Waals surface area contributed by atoms with Crippen molar-refractivity contribution in [3.05, 3.63) is 29.8 Å². The van der Waals surface area contributed by atoms with Crippen LogP contribution in [-0.2, 0) is 16.0 Å². The van der Waals surface area contributed by atoms with E-state index in [0.717, 1.165) is 11.3 Å². The second-order valence-electron chi connectivity index (χ2n) is 6.62. The fraction of sp³-hybridized carbons (Fsp3) is 0.556. The van der Waals surface area contributed by atoms with Crippen molar-refractivity contribution in [2.24, 2.45) is 11.7 Å². The molecule has 0 aliphatic heterocycles. The SMILES string of the molecule is COc1ccc(C[C@@H](C(=O)N[C@@H](CC(C)C)C(N)=O)N(C)C)cc1. The Hall–Kier alpha value is -2.08. The molecule has 0 aliphatic rings. The Morgan fingerprint density at radius 3 is 2.21 bits per heavy atom. The minimum atomic E-state index is -0.643. The summed E-state index contributed by atoms with van der Waals surface area (Å²) in [6, 6.07) is 6.57. The van der Waals surface area contributed by atoms with Crippen LogP contribution in [0.5, 0.6) is 5.75 Å². The molecule has 134 valence electrons. The lowest BCUT2D eigenvalue weighted by molar-refractivity contribution is -0.130. The highest BCUT2D eigenvalue weighted by atomic mass is 16.5. The maximum Gasteiger partial charge on any atom is 0.240 e. The number of nitrogens with one attached hydrogen (secondary N) is 1. The number of amides is 2. The second-order valence-corrected chi connectivity index (χ2v) is 6.62. The molecule has 1 aromatic rings. The van der Waals surface area contributed by atoms with E-state index in [1.807, 2.05) is 57.1 Å². The molecule has 3 N–H and O–H groups in total. The standard InChI is InChI=1S/C18H29N3O3/c1-12(2)10-15(17(19)22)20-18(23)16(21(3)4)11-13-6-8-14(24-5)9-7-13/h6-9,12,15-16H,10-11H2,1-5H3,(H2,19,22)(H,20,23)/t15-,16-/m0/s1. The van der Waals surface area contributed by atoms with Gasteiger partial charge in [-0.3, -0.25) is 14.5 Å². The molecule has 0 heterocycles. The molecule has 0 fully saturated rings. The van der Waals surface area contributed by atoms with E-state index in [0.29, 0.717) is 12.8 Å². The molecule has 0 radical (unpaired) electrons. The number of methoxy groups -OCH3 is 1. The summed E-state index contributed by atoms with van der Waals surface area (Å²) < 4.78 is 5.14. The first kappa shape index (κ1) is 20.0. The smallest absolute Gasteiger partial charge is 0.240 e. The summed E-state index contributed by atoms with van der Waals surface area (Å²) >= 11 is 0. The summed E-state index contributed by atoms with van der Waals surface area (Å²) in [6.07, 6.45) is 1.07. The number of hydrogen-bond acceptors (Lipinski definition) is 4. The van der Waals surface area contributed by atoms with Gasteiger partial charge in [-0.2, -0.15) is 0 Å². The summed E-state index contributed by atoms with van der Waals surface area (Å²) in [6.45, 7) is 3.98. The van der Waals surface area contributed by atoms with Crippen LogP contribution in [0.4, 0.5) is 0 Å². The van der Waals surface area contributed by atoms with Crippen LogP contribution in [0.25, 0.3) is 0 Å². The lowest BCUT2D eigenvalue weighted by Crippen LogP contribution is -2.52. The molecule has 0 saturated heterocycles. The molecule has 1 aromatic carbocycles. The number of rotatable bonds is 9. The van der Waals surface area contributed by atoms with Crippen LogP contribution in [0, 0.1) is 5.92 Å². The molecule has 2 amide bonds. The van der Waals surface area contributed by atoms with Crippen LogP contribution < -0.4 is 15.8 Å². The molecule has 0 bridgehead atoms. The van der Waals surface area contributed by atoms with Crippen LogP contribution in [-0.4, -0.2) is 50.0 Å². The number of benzene rings is 1. The first-order valence-corrected chi connectivity index (χ1v) is 8.13. The van der Waals surface area contributed by atoms with Gasteiger partial charge in [0.25, 0.3) is 0 Å². The van der Waals surface area contributed by atoms with E-state index >= 15 is 0 Å². The topological polar surface area (TPSA) is 84.7 Å². The molecular weight excluding hydrogens is 306 g/mol. The highest BCUT2D eigenvalue weighted by Gasteiger charge is 2.26. The van der Waals surface area contributed by atoms with Gasteiger partial charge in [0.2, 0.25) is 11.8 Å². The lowest BCUT2D eigenvalue weighted by atomic mass is 10.0. The Balaban J connectivity index is 2.81. The van der Waals surface area contributed by atoms with Crippen LogP contribution in [0.1, 0.15) is 25.8 Å². The number of likely N-dealkylation sites (N-methyl/N-ethyl adjacent to an activating group) is 1.